The van der Waals surface area contributed by atoms with Crippen LogP contribution in [0.15, 0.2) is 18.2 Å². The Kier molecular flexibility index (Phi) is 3.78. The molecule has 0 aliphatic carbocycles. The molecule has 0 unspecified atom stereocenters. The van der Waals surface area contributed by atoms with Crippen molar-refractivity contribution in [2.45, 2.75) is 6.42 Å². The zero-order chi connectivity index (χ0) is 9.68. The molecule has 1 aromatic carbocycles. The van der Waals surface area contributed by atoms with Crippen molar-refractivity contribution < 1.29 is 9.50 Å². The third kappa shape index (κ3) is 3.08. The van der Waals surface area contributed by atoms with Gasteiger partial charge in [0.15, 0.2) is 11.6 Å². The lowest BCUT2D eigenvalue weighted by molar-refractivity contribution is 0.432. The number of benzene rings is 1. The zero-order valence-corrected chi connectivity index (χ0v) is 8.44. The molecule has 0 saturated carbocycles. The van der Waals surface area contributed by atoms with Crippen LogP contribution in [-0.4, -0.2) is 10.4 Å². The molecule has 3 heteroatoms. The molecule has 68 valence electrons. The third-order valence-corrected chi connectivity index (χ3v) is 1.80. The van der Waals surface area contributed by atoms with Crippen LogP contribution in [0, 0.1) is 17.7 Å². The SMILES string of the molecule is Oc1ccc(C#CCCBr)cc1F. The second kappa shape index (κ2) is 4.88. The topological polar surface area (TPSA) is 20.2 Å². The van der Waals surface area contributed by atoms with Gasteiger partial charge in [0, 0.05) is 17.3 Å². The van der Waals surface area contributed by atoms with E-state index in [0.29, 0.717) is 5.56 Å². The van der Waals surface area contributed by atoms with E-state index in [0.717, 1.165) is 11.8 Å². The van der Waals surface area contributed by atoms with Gasteiger partial charge in [-0.25, -0.2) is 4.39 Å². The highest BCUT2D eigenvalue weighted by molar-refractivity contribution is 9.09. The molecule has 1 nitrogen and oxygen atoms in total. The molecular weight excluding hydrogens is 235 g/mol. The Hall–Kier alpha value is -1.01. The molecular formula is C10H8BrFO. The van der Waals surface area contributed by atoms with E-state index in [4.69, 9.17) is 5.11 Å². The number of aromatic hydroxyl groups is 1. The van der Waals surface area contributed by atoms with Crippen LogP contribution in [0.2, 0.25) is 0 Å². The summed E-state index contributed by atoms with van der Waals surface area (Å²) in [5.74, 6) is 4.66. The lowest BCUT2D eigenvalue weighted by Crippen LogP contribution is -1.79. The van der Waals surface area contributed by atoms with Gasteiger partial charge in [-0.05, 0) is 18.2 Å². The van der Waals surface area contributed by atoms with Gasteiger partial charge in [0.2, 0.25) is 0 Å². The summed E-state index contributed by atoms with van der Waals surface area (Å²) in [5.41, 5.74) is 0.580. The number of alkyl halides is 1. The molecule has 1 N–H and O–H groups in total. The van der Waals surface area contributed by atoms with Crippen molar-refractivity contribution in [2.75, 3.05) is 5.33 Å². The molecule has 0 fully saturated rings. The van der Waals surface area contributed by atoms with Crippen molar-refractivity contribution in [3.63, 3.8) is 0 Å². The van der Waals surface area contributed by atoms with E-state index < -0.39 is 5.82 Å². The van der Waals surface area contributed by atoms with Gasteiger partial charge in [-0.2, -0.15) is 0 Å². The van der Waals surface area contributed by atoms with E-state index in [1.165, 1.54) is 12.1 Å². The maximum atomic E-state index is 12.8. The molecule has 13 heavy (non-hydrogen) atoms. The summed E-state index contributed by atoms with van der Waals surface area (Å²) in [4.78, 5) is 0. The first-order valence-corrected chi connectivity index (χ1v) is 4.89. The van der Waals surface area contributed by atoms with Crippen LogP contribution in [0.5, 0.6) is 5.75 Å². The van der Waals surface area contributed by atoms with Crippen molar-refractivity contribution in [1.82, 2.24) is 0 Å². The molecule has 0 aliphatic heterocycles. The lowest BCUT2D eigenvalue weighted by Gasteiger charge is -1.94. The number of phenols is 1. The van der Waals surface area contributed by atoms with Crippen LogP contribution in [0.3, 0.4) is 0 Å². The molecule has 1 rings (SSSR count). The lowest BCUT2D eigenvalue weighted by atomic mass is 10.2. The molecule has 0 atom stereocenters. The van der Waals surface area contributed by atoms with Crippen LogP contribution >= 0.6 is 15.9 Å². The van der Waals surface area contributed by atoms with E-state index >= 15 is 0 Å². The van der Waals surface area contributed by atoms with Gasteiger partial charge >= 0.3 is 0 Å². The zero-order valence-electron chi connectivity index (χ0n) is 6.85. The highest BCUT2D eigenvalue weighted by Crippen LogP contribution is 2.15. The van der Waals surface area contributed by atoms with Gasteiger partial charge in [0.25, 0.3) is 0 Å². The number of phenolic OH excluding ortho intramolecular Hbond substituents is 1. The van der Waals surface area contributed by atoms with Gasteiger partial charge in [-0.15, -0.1) is 0 Å². The first-order chi connectivity index (χ1) is 6.24. The molecule has 0 bridgehead atoms. The van der Waals surface area contributed by atoms with E-state index in [9.17, 15) is 4.39 Å². The molecule has 0 saturated heterocycles. The normalized spacial score (nSPS) is 9.08. The summed E-state index contributed by atoms with van der Waals surface area (Å²) in [7, 11) is 0. The van der Waals surface area contributed by atoms with Gasteiger partial charge in [0.05, 0.1) is 0 Å². The number of rotatable bonds is 1. The molecule has 0 heterocycles. The smallest absolute Gasteiger partial charge is 0.166 e. The standard InChI is InChI=1S/C10H8BrFO/c11-6-2-1-3-8-4-5-10(13)9(12)7-8/h4-5,7,13H,2,6H2. The molecule has 1 aromatic rings. The predicted molar refractivity (Wildman–Crippen MR) is 53.4 cm³/mol. The molecule has 0 spiro atoms. The van der Waals surface area contributed by atoms with E-state index in [1.807, 2.05) is 0 Å². The van der Waals surface area contributed by atoms with Gasteiger partial charge in [-0.1, -0.05) is 27.8 Å². The Morgan fingerprint density at radius 2 is 2.23 bits per heavy atom. The minimum absolute atomic E-state index is 0.342. The molecule has 0 radical (unpaired) electrons. The Labute approximate surface area is 84.7 Å². The first-order valence-electron chi connectivity index (χ1n) is 3.77. The fourth-order valence-corrected chi connectivity index (χ4v) is 0.995. The largest absolute Gasteiger partial charge is 0.505 e. The Bertz CT molecular complexity index is 352. The first kappa shape index (κ1) is 10.1. The van der Waals surface area contributed by atoms with Crippen molar-refractivity contribution >= 4 is 15.9 Å². The van der Waals surface area contributed by atoms with Crippen LogP contribution in [0.25, 0.3) is 0 Å². The fraction of sp³-hybridized carbons (Fsp3) is 0.200. The van der Waals surface area contributed by atoms with E-state index in [1.54, 1.807) is 6.07 Å². The highest BCUT2D eigenvalue weighted by Gasteiger charge is 1.98. The van der Waals surface area contributed by atoms with Crippen LogP contribution in [0.4, 0.5) is 4.39 Å². The van der Waals surface area contributed by atoms with E-state index in [-0.39, 0.29) is 5.75 Å². The maximum absolute atomic E-state index is 12.8. The number of hydrogen-bond acceptors (Lipinski definition) is 1. The van der Waals surface area contributed by atoms with E-state index in [2.05, 4.69) is 27.8 Å². The van der Waals surface area contributed by atoms with Gasteiger partial charge in [-0.3, -0.25) is 0 Å². The number of hydrogen-bond donors (Lipinski definition) is 1. The Morgan fingerprint density at radius 3 is 2.85 bits per heavy atom. The van der Waals surface area contributed by atoms with Crippen molar-refractivity contribution in [3.8, 4) is 17.6 Å². The van der Waals surface area contributed by atoms with Crippen LogP contribution < -0.4 is 0 Å². The fourth-order valence-electron chi connectivity index (χ4n) is 0.796. The second-order valence-electron chi connectivity index (χ2n) is 2.41. The predicted octanol–water partition coefficient (Wildman–Crippen LogP) is 2.67. The van der Waals surface area contributed by atoms with Crippen molar-refractivity contribution in [1.29, 1.82) is 0 Å². The van der Waals surface area contributed by atoms with Gasteiger partial charge in [0.1, 0.15) is 0 Å². The minimum atomic E-state index is -0.634. The summed E-state index contributed by atoms with van der Waals surface area (Å²) in [6.45, 7) is 0. The van der Waals surface area contributed by atoms with Crippen LogP contribution in [-0.2, 0) is 0 Å². The van der Waals surface area contributed by atoms with Gasteiger partial charge < -0.3 is 5.11 Å². The maximum Gasteiger partial charge on any atom is 0.166 e. The summed E-state index contributed by atoms with van der Waals surface area (Å²) in [5, 5.41) is 9.69. The quantitative estimate of drug-likeness (QED) is 0.593. The summed E-state index contributed by atoms with van der Waals surface area (Å²) >= 11 is 3.23. The molecule has 0 aliphatic rings. The molecule has 0 amide bonds. The summed E-state index contributed by atoms with van der Waals surface area (Å²) < 4.78 is 12.8. The third-order valence-electron chi connectivity index (χ3n) is 1.40. The van der Waals surface area contributed by atoms with Crippen molar-refractivity contribution in [2.24, 2.45) is 0 Å². The van der Waals surface area contributed by atoms with Crippen molar-refractivity contribution in [3.05, 3.63) is 29.6 Å². The summed E-state index contributed by atoms with van der Waals surface area (Å²) in [6, 6.07) is 4.10. The van der Waals surface area contributed by atoms with Crippen LogP contribution in [0.1, 0.15) is 12.0 Å². The minimum Gasteiger partial charge on any atom is -0.505 e. The second-order valence-corrected chi connectivity index (χ2v) is 3.20. The average molecular weight is 243 g/mol. The highest BCUT2D eigenvalue weighted by atomic mass is 79.9. The summed E-state index contributed by atoms with van der Waals surface area (Å²) in [6.07, 6.45) is 0.725. The number of halogens is 2. The monoisotopic (exact) mass is 242 g/mol. The average Bonchev–Trinajstić information content (AvgIpc) is 2.12. The molecule has 0 aromatic heterocycles. The Balaban J connectivity index is 2.81. The Morgan fingerprint density at radius 1 is 1.46 bits per heavy atom.